The van der Waals surface area contributed by atoms with Gasteiger partial charge < -0.3 is 14.2 Å². The molecule has 0 unspecified atom stereocenters. The van der Waals surface area contributed by atoms with Crippen molar-refractivity contribution in [2.45, 2.75) is 271 Å². The monoisotopic (exact) mass is 881 g/mol. The smallest absolute Gasteiger partial charge is 0.306 e. The maximum absolute atomic E-state index is 12.8. The molecule has 6 heteroatoms. The topological polar surface area (TPSA) is 78.9 Å². The highest BCUT2D eigenvalue weighted by Gasteiger charge is 2.19. The van der Waals surface area contributed by atoms with Crippen molar-refractivity contribution in [3.8, 4) is 0 Å². The molecule has 6 nitrogen and oxygen atoms in total. The Labute approximate surface area is 390 Å². The first-order chi connectivity index (χ1) is 31.0. The van der Waals surface area contributed by atoms with Gasteiger partial charge in [-0.25, -0.2) is 0 Å². The lowest BCUT2D eigenvalue weighted by atomic mass is 10.1. The van der Waals surface area contributed by atoms with Crippen LogP contribution in [0.15, 0.2) is 60.8 Å². The summed E-state index contributed by atoms with van der Waals surface area (Å²) in [5.74, 6) is -0.911. The number of allylic oxidation sites excluding steroid dienone is 10. The molecule has 0 radical (unpaired) electrons. The number of ether oxygens (including phenoxy) is 3. The van der Waals surface area contributed by atoms with E-state index in [-0.39, 0.29) is 31.1 Å². The van der Waals surface area contributed by atoms with Crippen LogP contribution in [0.3, 0.4) is 0 Å². The second kappa shape index (κ2) is 51.7. The number of carbonyl (C=O) groups excluding carboxylic acids is 3. The van der Waals surface area contributed by atoms with Crippen LogP contribution >= 0.6 is 0 Å². The van der Waals surface area contributed by atoms with Gasteiger partial charge in [-0.05, 0) is 109 Å². The van der Waals surface area contributed by atoms with E-state index in [9.17, 15) is 14.4 Å². The van der Waals surface area contributed by atoms with Crippen LogP contribution in [-0.2, 0) is 28.6 Å². The number of unbranched alkanes of at least 4 members (excludes halogenated alkanes) is 27. The molecule has 0 saturated heterocycles. The van der Waals surface area contributed by atoms with Crippen molar-refractivity contribution in [2.75, 3.05) is 13.2 Å². The maximum Gasteiger partial charge on any atom is 0.306 e. The Bertz CT molecular complexity index is 1150. The zero-order valence-electron chi connectivity index (χ0n) is 41.6. The van der Waals surface area contributed by atoms with Gasteiger partial charge in [0.05, 0.1) is 0 Å². The zero-order chi connectivity index (χ0) is 45.8. The van der Waals surface area contributed by atoms with Crippen LogP contribution in [0, 0.1) is 0 Å². The van der Waals surface area contributed by atoms with Crippen LogP contribution in [0.2, 0.25) is 0 Å². The first-order valence-corrected chi connectivity index (χ1v) is 26.8. The number of rotatable bonds is 48. The van der Waals surface area contributed by atoms with Gasteiger partial charge in [-0.3, -0.25) is 14.4 Å². The third-order valence-electron chi connectivity index (χ3n) is 11.5. The van der Waals surface area contributed by atoms with Crippen LogP contribution in [0.4, 0.5) is 0 Å². The highest BCUT2D eigenvalue weighted by atomic mass is 16.6. The van der Waals surface area contributed by atoms with Crippen LogP contribution in [0.1, 0.15) is 265 Å². The Balaban J connectivity index is 4.39. The van der Waals surface area contributed by atoms with E-state index in [1.807, 2.05) is 0 Å². The molecule has 0 bridgehead atoms. The molecule has 0 rings (SSSR count). The summed E-state index contributed by atoms with van der Waals surface area (Å²) in [6.45, 7) is 6.56. The number of carbonyl (C=O) groups is 3. The Hall–Kier alpha value is -2.89. The third-order valence-corrected chi connectivity index (χ3v) is 11.5. The molecule has 0 aliphatic carbocycles. The first kappa shape index (κ1) is 60.1. The summed E-state index contributed by atoms with van der Waals surface area (Å²) in [5.41, 5.74) is 0. The normalized spacial score (nSPS) is 12.5. The summed E-state index contributed by atoms with van der Waals surface area (Å²) in [6, 6.07) is 0. The summed E-state index contributed by atoms with van der Waals surface area (Å²) < 4.78 is 16.8. The predicted molar refractivity (Wildman–Crippen MR) is 270 cm³/mol. The van der Waals surface area contributed by atoms with Crippen molar-refractivity contribution < 1.29 is 28.6 Å². The second-order valence-corrected chi connectivity index (χ2v) is 17.8. The van der Waals surface area contributed by atoms with Gasteiger partial charge in [-0.15, -0.1) is 0 Å². The van der Waals surface area contributed by atoms with Crippen LogP contribution in [-0.4, -0.2) is 37.2 Å². The van der Waals surface area contributed by atoms with Gasteiger partial charge in [-0.2, -0.15) is 0 Å². The highest BCUT2D eigenvalue weighted by Crippen LogP contribution is 2.14. The minimum Gasteiger partial charge on any atom is -0.462 e. The van der Waals surface area contributed by atoms with E-state index in [1.54, 1.807) is 0 Å². The lowest BCUT2D eigenvalue weighted by molar-refractivity contribution is -0.167. The van der Waals surface area contributed by atoms with Crippen molar-refractivity contribution in [3.05, 3.63) is 60.8 Å². The SMILES string of the molecule is CCCCC/C=C\C/C=C\C/C=C\CCCCCCCCC(=O)OC[C@@H](COC(=O)CCCCCCC/C=C\CCCCCC)OC(=O)CCCCCCC/C=C\CCCCCC. The van der Waals surface area contributed by atoms with Crippen molar-refractivity contribution in [1.82, 2.24) is 0 Å². The quantitative estimate of drug-likeness (QED) is 0.0262. The molecule has 364 valence electrons. The van der Waals surface area contributed by atoms with Gasteiger partial charge in [-0.1, -0.05) is 197 Å². The number of hydrogen-bond donors (Lipinski definition) is 0. The average Bonchev–Trinajstić information content (AvgIpc) is 3.28. The molecule has 0 spiro atoms. The summed E-state index contributed by atoms with van der Waals surface area (Å²) in [6.07, 6.45) is 63.4. The molecular weight excluding hydrogens is 781 g/mol. The van der Waals surface area contributed by atoms with E-state index < -0.39 is 6.10 Å². The fourth-order valence-electron chi connectivity index (χ4n) is 7.38. The van der Waals surface area contributed by atoms with E-state index in [2.05, 4.69) is 81.5 Å². The fourth-order valence-corrected chi connectivity index (χ4v) is 7.38. The minimum absolute atomic E-state index is 0.0858. The molecule has 0 heterocycles. The maximum atomic E-state index is 12.8. The molecule has 0 aromatic carbocycles. The van der Waals surface area contributed by atoms with Gasteiger partial charge in [0.2, 0.25) is 0 Å². The summed E-state index contributed by atoms with van der Waals surface area (Å²) in [4.78, 5) is 38.0. The molecule has 63 heavy (non-hydrogen) atoms. The average molecular weight is 881 g/mol. The molecule has 0 aliphatic rings. The molecule has 1 atom stereocenters. The van der Waals surface area contributed by atoms with Crippen LogP contribution in [0.25, 0.3) is 0 Å². The van der Waals surface area contributed by atoms with Crippen LogP contribution in [0.5, 0.6) is 0 Å². The van der Waals surface area contributed by atoms with Gasteiger partial charge in [0.25, 0.3) is 0 Å². The van der Waals surface area contributed by atoms with Gasteiger partial charge >= 0.3 is 17.9 Å². The van der Waals surface area contributed by atoms with E-state index in [1.165, 1.54) is 128 Å². The third kappa shape index (κ3) is 50.0. The number of esters is 3. The minimum atomic E-state index is -0.786. The Morgan fingerprint density at radius 3 is 0.937 bits per heavy atom. The summed E-state index contributed by atoms with van der Waals surface area (Å²) >= 11 is 0. The highest BCUT2D eigenvalue weighted by molar-refractivity contribution is 5.71. The lowest BCUT2D eigenvalue weighted by Gasteiger charge is -2.18. The Kier molecular flexibility index (Phi) is 49.4. The van der Waals surface area contributed by atoms with Gasteiger partial charge in [0.1, 0.15) is 13.2 Å². The molecule has 0 fully saturated rings. The van der Waals surface area contributed by atoms with E-state index in [4.69, 9.17) is 14.2 Å². The molecule has 0 N–H and O–H groups in total. The van der Waals surface area contributed by atoms with Gasteiger partial charge in [0.15, 0.2) is 6.10 Å². The summed E-state index contributed by atoms with van der Waals surface area (Å²) in [5, 5.41) is 0. The summed E-state index contributed by atoms with van der Waals surface area (Å²) in [7, 11) is 0. The van der Waals surface area contributed by atoms with E-state index in [0.29, 0.717) is 19.3 Å². The first-order valence-electron chi connectivity index (χ1n) is 26.8. The van der Waals surface area contributed by atoms with Crippen molar-refractivity contribution >= 4 is 17.9 Å². The fraction of sp³-hybridized carbons (Fsp3) is 0.772. The molecule has 0 aliphatic heterocycles. The van der Waals surface area contributed by atoms with E-state index >= 15 is 0 Å². The molecule has 0 saturated carbocycles. The standard InChI is InChI=1S/C57H100O6/c1-4-7-10-13-16-19-22-25-26-27-28-29-30-33-35-38-41-44-47-50-56(59)62-53-54(63-57(60)51-48-45-42-39-36-32-24-21-18-15-12-9-6-3)52-61-55(58)49-46-43-40-37-34-31-23-20-17-14-11-8-5-2/h16,19-21,23-26,28-29,54H,4-15,17-18,22,27,30-53H2,1-3H3/b19-16-,23-20-,24-21-,26-25-,29-28-/t54-/m1/s1. The second-order valence-electron chi connectivity index (χ2n) is 17.8. The van der Waals surface area contributed by atoms with Gasteiger partial charge in [0, 0.05) is 19.3 Å². The van der Waals surface area contributed by atoms with Crippen LogP contribution < -0.4 is 0 Å². The molecule has 0 aromatic heterocycles. The van der Waals surface area contributed by atoms with Crippen molar-refractivity contribution in [1.29, 1.82) is 0 Å². The zero-order valence-corrected chi connectivity index (χ0v) is 41.6. The molecule has 0 aromatic rings. The molecule has 0 amide bonds. The largest absolute Gasteiger partial charge is 0.462 e. The lowest BCUT2D eigenvalue weighted by Crippen LogP contribution is -2.30. The Morgan fingerprint density at radius 2 is 0.571 bits per heavy atom. The number of hydrogen-bond acceptors (Lipinski definition) is 6. The van der Waals surface area contributed by atoms with E-state index in [0.717, 1.165) is 96.3 Å². The molecular formula is C57H100O6. The van der Waals surface area contributed by atoms with Crippen molar-refractivity contribution in [3.63, 3.8) is 0 Å². The van der Waals surface area contributed by atoms with Crippen molar-refractivity contribution in [2.24, 2.45) is 0 Å². The Morgan fingerprint density at radius 1 is 0.317 bits per heavy atom. The predicted octanol–water partition coefficient (Wildman–Crippen LogP) is 17.6.